The van der Waals surface area contributed by atoms with Crippen molar-refractivity contribution in [3.05, 3.63) is 24.7 Å². The molecule has 1 rings (SSSR count). The number of hydrogen-bond acceptors (Lipinski definition) is 5. The zero-order valence-electron chi connectivity index (χ0n) is 11.4. The van der Waals surface area contributed by atoms with E-state index in [9.17, 15) is 19.5 Å². The minimum Gasteiger partial charge on any atom is -0.481 e. The van der Waals surface area contributed by atoms with Crippen molar-refractivity contribution in [2.45, 2.75) is 31.8 Å². The first-order chi connectivity index (χ1) is 9.77. The lowest BCUT2D eigenvalue weighted by Crippen LogP contribution is -2.52. The number of aliphatic carboxylic acids is 3. The van der Waals surface area contributed by atoms with Crippen LogP contribution in [0.2, 0.25) is 0 Å². The smallest absolute Gasteiger partial charge is 0.337 e. The van der Waals surface area contributed by atoms with Crippen LogP contribution in [0.5, 0.6) is 0 Å². The normalized spacial score (nSPS) is 12.9. The Balaban J connectivity index is 0.000000662. The van der Waals surface area contributed by atoms with E-state index in [1.165, 1.54) is 0 Å². The predicted octanol–water partition coefficient (Wildman–Crippen LogP) is 1.06. The average Bonchev–Trinajstić information content (AvgIpc) is 2.94. The van der Waals surface area contributed by atoms with Gasteiger partial charge in [0.25, 0.3) is 0 Å². The van der Waals surface area contributed by atoms with E-state index >= 15 is 0 Å². The van der Waals surface area contributed by atoms with E-state index in [-0.39, 0.29) is 6.42 Å². The summed E-state index contributed by atoms with van der Waals surface area (Å²) in [5, 5.41) is 35.7. The van der Waals surface area contributed by atoms with Gasteiger partial charge in [-0.15, -0.1) is 0 Å². The summed E-state index contributed by atoms with van der Waals surface area (Å²) in [6.45, 7) is 1.71. The molecule has 0 aliphatic carbocycles. The number of carboxylic acids is 3. The van der Waals surface area contributed by atoms with Crippen LogP contribution in [0.1, 0.15) is 26.2 Å². The lowest BCUT2D eigenvalue weighted by atomic mass is 9.83. The summed E-state index contributed by atoms with van der Waals surface area (Å²) in [6.07, 6.45) is 3.57. The summed E-state index contributed by atoms with van der Waals surface area (Å²) in [5.41, 5.74) is -2.77. The van der Waals surface area contributed by atoms with Crippen LogP contribution in [-0.2, 0) is 14.4 Å². The van der Waals surface area contributed by atoms with Gasteiger partial charge >= 0.3 is 17.9 Å². The Kier molecular flexibility index (Phi) is 7.77. The minimum atomic E-state index is -2.77. The molecule has 8 heteroatoms. The van der Waals surface area contributed by atoms with Crippen LogP contribution in [0.15, 0.2) is 29.1 Å². The first-order valence-electron chi connectivity index (χ1n) is 6.15. The zero-order valence-corrected chi connectivity index (χ0v) is 11.4. The molecule has 118 valence electrons. The maximum atomic E-state index is 10.8. The molecule has 0 spiro atoms. The number of carbonyl (C=O) groups is 3. The molecule has 0 aliphatic rings. The van der Waals surface area contributed by atoms with Gasteiger partial charge in [-0.3, -0.25) is 9.59 Å². The van der Waals surface area contributed by atoms with Crippen LogP contribution in [0, 0.1) is 5.92 Å². The molecule has 1 aromatic rings. The summed E-state index contributed by atoms with van der Waals surface area (Å²) < 4.78 is 4.58. The van der Waals surface area contributed by atoms with Gasteiger partial charge in [0.15, 0.2) is 11.5 Å². The summed E-state index contributed by atoms with van der Waals surface area (Å²) >= 11 is 0. The second kappa shape index (κ2) is 8.75. The molecule has 0 radical (unpaired) electrons. The number of unbranched alkanes of at least 4 members (excludes halogenated alkanes) is 1. The molecule has 0 bridgehead atoms. The Hall–Kier alpha value is -2.35. The van der Waals surface area contributed by atoms with Gasteiger partial charge in [0.05, 0.1) is 12.5 Å². The van der Waals surface area contributed by atoms with Crippen LogP contribution in [0.4, 0.5) is 0 Å². The Morgan fingerprint density at radius 2 is 1.57 bits per heavy atom. The fourth-order valence-corrected chi connectivity index (χ4v) is 1.56. The monoisotopic (exact) mass is 302 g/mol. The first-order valence-corrected chi connectivity index (χ1v) is 6.15. The zero-order chi connectivity index (χ0) is 16.5. The molecule has 21 heavy (non-hydrogen) atoms. The molecule has 0 fully saturated rings. The molecule has 8 nitrogen and oxygen atoms in total. The molecular formula is C13H18O8. The maximum absolute atomic E-state index is 10.8. The molecule has 4 N–H and O–H groups in total. The summed E-state index contributed by atoms with van der Waals surface area (Å²) in [6, 6.07) is 3.67. The first kappa shape index (κ1) is 18.7. The third-order valence-corrected chi connectivity index (χ3v) is 2.68. The van der Waals surface area contributed by atoms with Crippen molar-refractivity contribution in [1.82, 2.24) is 0 Å². The largest absolute Gasteiger partial charge is 0.481 e. The Bertz CT molecular complexity index is 422. The van der Waals surface area contributed by atoms with E-state index in [0.29, 0.717) is 6.42 Å². The number of aliphatic hydroxyl groups is 1. The van der Waals surface area contributed by atoms with Crippen molar-refractivity contribution in [3.8, 4) is 0 Å². The van der Waals surface area contributed by atoms with E-state index in [0.717, 1.165) is 0 Å². The summed E-state index contributed by atoms with van der Waals surface area (Å²) in [4.78, 5) is 32.1. The highest BCUT2D eigenvalue weighted by molar-refractivity contribution is 6.00. The van der Waals surface area contributed by atoms with Gasteiger partial charge in [-0.25, -0.2) is 4.79 Å². The van der Waals surface area contributed by atoms with Gasteiger partial charge in [0, 0.05) is 0 Å². The van der Waals surface area contributed by atoms with Gasteiger partial charge in [0.2, 0.25) is 0 Å². The summed E-state index contributed by atoms with van der Waals surface area (Å²) in [7, 11) is 0. The molecule has 0 saturated heterocycles. The number of carboxylic acid groups (broad SMARTS) is 3. The van der Waals surface area contributed by atoms with Gasteiger partial charge in [-0.2, -0.15) is 0 Å². The lowest BCUT2D eigenvalue weighted by Gasteiger charge is -2.26. The standard InChI is InChI=1S/C9H14O7.C4H4O/c1-2-3-4-9(16,8(14)15)5(6(10)11)7(12)13;1-2-4-5-3-1/h5,16H,2-4H2,1H3,(H,10,11)(H,12,13)(H,14,15);1-4H. The number of hydrogen-bond donors (Lipinski definition) is 4. The molecule has 0 aliphatic heterocycles. The fourth-order valence-electron chi connectivity index (χ4n) is 1.56. The van der Waals surface area contributed by atoms with Crippen LogP contribution in [0.3, 0.4) is 0 Å². The second-order valence-corrected chi connectivity index (χ2v) is 4.24. The van der Waals surface area contributed by atoms with E-state index in [4.69, 9.17) is 15.3 Å². The van der Waals surface area contributed by atoms with Crippen molar-refractivity contribution >= 4 is 17.9 Å². The van der Waals surface area contributed by atoms with E-state index < -0.39 is 35.8 Å². The molecule has 0 amide bonds. The molecule has 0 aromatic carbocycles. The highest BCUT2D eigenvalue weighted by Gasteiger charge is 2.52. The van der Waals surface area contributed by atoms with Crippen molar-refractivity contribution in [2.24, 2.45) is 5.92 Å². The lowest BCUT2D eigenvalue weighted by molar-refractivity contribution is -0.183. The van der Waals surface area contributed by atoms with Crippen molar-refractivity contribution in [2.75, 3.05) is 0 Å². The van der Waals surface area contributed by atoms with Crippen LogP contribution in [-0.4, -0.2) is 43.9 Å². The second-order valence-electron chi connectivity index (χ2n) is 4.24. The molecular weight excluding hydrogens is 284 g/mol. The van der Waals surface area contributed by atoms with Crippen LogP contribution < -0.4 is 0 Å². The van der Waals surface area contributed by atoms with Gasteiger partial charge in [-0.05, 0) is 18.6 Å². The van der Waals surface area contributed by atoms with E-state index in [1.54, 1.807) is 19.5 Å². The van der Waals surface area contributed by atoms with E-state index in [1.807, 2.05) is 12.1 Å². The van der Waals surface area contributed by atoms with Crippen molar-refractivity contribution in [1.29, 1.82) is 0 Å². The quantitative estimate of drug-likeness (QED) is 0.547. The predicted molar refractivity (Wildman–Crippen MR) is 69.6 cm³/mol. The van der Waals surface area contributed by atoms with Crippen LogP contribution >= 0.6 is 0 Å². The molecule has 1 heterocycles. The Labute approximate surface area is 120 Å². The van der Waals surface area contributed by atoms with Gasteiger partial charge in [-0.1, -0.05) is 19.8 Å². The topological polar surface area (TPSA) is 145 Å². The van der Waals surface area contributed by atoms with Gasteiger partial charge < -0.3 is 24.8 Å². The summed E-state index contributed by atoms with van der Waals surface area (Å²) in [5.74, 6) is -7.94. The third kappa shape index (κ3) is 5.65. The number of furan rings is 1. The minimum absolute atomic E-state index is 0.222. The SMILES string of the molecule is CCCCC(O)(C(=O)O)C(C(=O)O)C(=O)O.c1ccoc1. The molecule has 1 unspecified atom stereocenters. The van der Waals surface area contributed by atoms with Crippen LogP contribution in [0.25, 0.3) is 0 Å². The molecule has 1 aromatic heterocycles. The average molecular weight is 302 g/mol. The van der Waals surface area contributed by atoms with Crippen molar-refractivity contribution in [3.63, 3.8) is 0 Å². The Morgan fingerprint density at radius 1 is 1.10 bits per heavy atom. The van der Waals surface area contributed by atoms with E-state index in [2.05, 4.69) is 4.42 Å². The fraction of sp³-hybridized carbons (Fsp3) is 0.462. The van der Waals surface area contributed by atoms with Crippen molar-refractivity contribution < 1.29 is 39.2 Å². The molecule has 0 saturated carbocycles. The highest BCUT2D eigenvalue weighted by Crippen LogP contribution is 2.25. The maximum Gasteiger partial charge on any atom is 0.337 e. The molecule has 1 atom stereocenters. The Morgan fingerprint density at radius 3 is 1.81 bits per heavy atom. The number of rotatable bonds is 7. The third-order valence-electron chi connectivity index (χ3n) is 2.68. The highest BCUT2D eigenvalue weighted by atomic mass is 16.4. The van der Waals surface area contributed by atoms with Gasteiger partial charge in [0.1, 0.15) is 0 Å².